The first-order valence-corrected chi connectivity index (χ1v) is 7.38. The Kier molecular flexibility index (Phi) is 5.38. The van der Waals surface area contributed by atoms with E-state index in [1.54, 1.807) is 12.1 Å². The van der Waals surface area contributed by atoms with Crippen molar-refractivity contribution in [2.75, 3.05) is 26.7 Å². The van der Waals surface area contributed by atoms with Crippen molar-refractivity contribution in [3.8, 4) is 5.75 Å². The van der Waals surface area contributed by atoms with E-state index < -0.39 is 11.9 Å². The second-order valence-corrected chi connectivity index (χ2v) is 5.50. The zero-order valence-electron chi connectivity index (χ0n) is 12.3. The lowest BCUT2D eigenvalue weighted by Gasteiger charge is -2.22. The van der Waals surface area contributed by atoms with Crippen molar-refractivity contribution < 1.29 is 14.2 Å². The van der Waals surface area contributed by atoms with Crippen LogP contribution < -0.4 is 4.74 Å². The van der Waals surface area contributed by atoms with E-state index in [1.165, 1.54) is 26.0 Å². The van der Waals surface area contributed by atoms with Crippen LogP contribution >= 0.6 is 0 Å². The quantitative estimate of drug-likeness (QED) is 0.795. The molecule has 0 amide bonds. The molecule has 4 heteroatoms. The Morgan fingerprint density at radius 1 is 1.45 bits per heavy atom. The van der Waals surface area contributed by atoms with Crippen LogP contribution in [0.15, 0.2) is 18.2 Å². The molecule has 0 saturated heterocycles. The predicted molar refractivity (Wildman–Crippen MR) is 77.4 cm³/mol. The molecule has 112 valence electrons. The van der Waals surface area contributed by atoms with Crippen LogP contribution in [-0.4, -0.2) is 36.8 Å². The monoisotopic (exact) mass is 281 g/mol. The fourth-order valence-electron chi connectivity index (χ4n) is 2.51. The molecule has 0 heterocycles. The molecule has 1 aromatic rings. The minimum atomic E-state index is -0.820. The van der Waals surface area contributed by atoms with Crippen LogP contribution in [0.25, 0.3) is 0 Å². The molecule has 1 aliphatic carbocycles. The Bertz CT molecular complexity index is 434. The number of hydrogen-bond acceptors (Lipinski definition) is 3. The van der Waals surface area contributed by atoms with E-state index in [0.29, 0.717) is 12.2 Å². The highest BCUT2D eigenvalue weighted by Gasteiger charge is 2.24. The summed E-state index contributed by atoms with van der Waals surface area (Å²) in [7, 11) is 1.50. The Morgan fingerprint density at radius 3 is 2.80 bits per heavy atom. The van der Waals surface area contributed by atoms with Gasteiger partial charge in [0.15, 0.2) is 0 Å². The van der Waals surface area contributed by atoms with Gasteiger partial charge in [0.05, 0.1) is 18.8 Å². The summed E-state index contributed by atoms with van der Waals surface area (Å²) < 4.78 is 19.0. The normalized spacial score (nSPS) is 16.4. The highest BCUT2D eigenvalue weighted by atomic mass is 19.1. The topological polar surface area (TPSA) is 32.7 Å². The molecule has 1 unspecified atom stereocenters. The van der Waals surface area contributed by atoms with Gasteiger partial charge in [0.2, 0.25) is 0 Å². The SMILES string of the molecule is CCN(CCC(O)c1c(F)cccc1OC)CC1CC1. The lowest BCUT2D eigenvalue weighted by molar-refractivity contribution is 0.135. The van der Waals surface area contributed by atoms with Gasteiger partial charge in [-0.1, -0.05) is 13.0 Å². The standard InChI is InChI=1S/C16H24FNO2/c1-3-18(11-12-7-8-12)10-9-14(19)16-13(17)5-4-6-15(16)20-2/h4-6,12,14,19H,3,7-11H2,1-2H3. The van der Waals surface area contributed by atoms with E-state index in [-0.39, 0.29) is 5.56 Å². The highest BCUT2D eigenvalue weighted by molar-refractivity contribution is 5.36. The lowest BCUT2D eigenvalue weighted by atomic mass is 10.0. The summed E-state index contributed by atoms with van der Waals surface area (Å²) >= 11 is 0. The van der Waals surface area contributed by atoms with Crippen LogP contribution in [0.3, 0.4) is 0 Å². The van der Waals surface area contributed by atoms with Crippen LogP contribution in [0, 0.1) is 11.7 Å². The number of aliphatic hydroxyl groups excluding tert-OH is 1. The van der Waals surface area contributed by atoms with Crippen LogP contribution in [0.2, 0.25) is 0 Å². The molecular weight excluding hydrogens is 257 g/mol. The molecule has 3 nitrogen and oxygen atoms in total. The third-order valence-corrected chi connectivity index (χ3v) is 3.95. The van der Waals surface area contributed by atoms with Gasteiger partial charge in [0.1, 0.15) is 11.6 Å². The van der Waals surface area contributed by atoms with Crippen molar-refractivity contribution in [3.63, 3.8) is 0 Å². The van der Waals surface area contributed by atoms with Gasteiger partial charge in [-0.2, -0.15) is 0 Å². The first-order valence-electron chi connectivity index (χ1n) is 7.38. The molecule has 20 heavy (non-hydrogen) atoms. The van der Waals surface area contributed by atoms with Gasteiger partial charge in [-0.15, -0.1) is 0 Å². The Balaban J connectivity index is 1.94. The Labute approximate surface area is 120 Å². The molecule has 1 aromatic carbocycles. The number of ether oxygens (including phenoxy) is 1. The van der Waals surface area contributed by atoms with Crippen molar-refractivity contribution in [1.82, 2.24) is 4.90 Å². The third kappa shape index (κ3) is 3.93. The van der Waals surface area contributed by atoms with Gasteiger partial charge in [-0.05, 0) is 43.9 Å². The minimum absolute atomic E-state index is 0.275. The average Bonchev–Trinajstić information content (AvgIpc) is 3.26. The van der Waals surface area contributed by atoms with E-state index in [9.17, 15) is 9.50 Å². The summed E-state index contributed by atoms with van der Waals surface area (Å²) in [5.41, 5.74) is 0.275. The molecule has 0 aromatic heterocycles. The molecule has 1 N–H and O–H groups in total. The van der Waals surface area contributed by atoms with Gasteiger partial charge in [0.25, 0.3) is 0 Å². The zero-order chi connectivity index (χ0) is 14.5. The zero-order valence-corrected chi connectivity index (χ0v) is 12.3. The molecule has 1 saturated carbocycles. The molecule has 0 bridgehead atoms. The fraction of sp³-hybridized carbons (Fsp3) is 0.625. The van der Waals surface area contributed by atoms with Crippen LogP contribution in [0.1, 0.15) is 37.9 Å². The molecule has 1 fully saturated rings. The van der Waals surface area contributed by atoms with Crippen LogP contribution in [0.5, 0.6) is 5.75 Å². The maximum absolute atomic E-state index is 13.9. The number of benzene rings is 1. The molecular formula is C16H24FNO2. The molecule has 1 aliphatic rings. The number of hydrogen-bond donors (Lipinski definition) is 1. The Morgan fingerprint density at radius 2 is 2.20 bits per heavy atom. The largest absolute Gasteiger partial charge is 0.496 e. The lowest BCUT2D eigenvalue weighted by Crippen LogP contribution is -2.28. The summed E-state index contributed by atoms with van der Waals surface area (Å²) in [6.07, 6.45) is 2.34. The first kappa shape index (κ1) is 15.3. The third-order valence-electron chi connectivity index (χ3n) is 3.95. The highest BCUT2D eigenvalue weighted by Crippen LogP contribution is 2.32. The van der Waals surface area contributed by atoms with Crippen LogP contribution in [-0.2, 0) is 0 Å². The van der Waals surface area contributed by atoms with Crippen molar-refractivity contribution in [2.45, 2.75) is 32.3 Å². The smallest absolute Gasteiger partial charge is 0.132 e. The van der Waals surface area contributed by atoms with Gasteiger partial charge < -0.3 is 14.7 Å². The van der Waals surface area contributed by atoms with Crippen molar-refractivity contribution in [3.05, 3.63) is 29.6 Å². The number of methoxy groups -OCH3 is 1. The molecule has 0 spiro atoms. The van der Waals surface area contributed by atoms with Crippen molar-refractivity contribution in [1.29, 1.82) is 0 Å². The van der Waals surface area contributed by atoms with Gasteiger partial charge in [-0.25, -0.2) is 4.39 Å². The number of halogens is 1. The van der Waals surface area contributed by atoms with E-state index in [2.05, 4.69) is 11.8 Å². The summed E-state index contributed by atoms with van der Waals surface area (Å²) in [4.78, 5) is 2.33. The molecule has 2 rings (SSSR count). The number of nitrogens with zero attached hydrogens (tertiary/aromatic N) is 1. The van der Waals surface area contributed by atoms with E-state index >= 15 is 0 Å². The first-order chi connectivity index (χ1) is 9.65. The molecule has 1 atom stereocenters. The number of aliphatic hydroxyl groups is 1. The number of rotatable bonds is 8. The Hall–Kier alpha value is -1.13. The van der Waals surface area contributed by atoms with Gasteiger partial charge >= 0.3 is 0 Å². The van der Waals surface area contributed by atoms with Gasteiger partial charge in [0, 0.05) is 13.1 Å². The van der Waals surface area contributed by atoms with E-state index in [0.717, 1.165) is 25.6 Å². The maximum Gasteiger partial charge on any atom is 0.132 e. The summed E-state index contributed by atoms with van der Waals surface area (Å²) in [6, 6.07) is 4.64. The van der Waals surface area contributed by atoms with Gasteiger partial charge in [-0.3, -0.25) is 0 Å². The fourth-order valence-corrected chi connectivity index (χ4v) is 2.51. The van der Waals surface area contributed by atoms with Crippen molar-refractivity contribution >= 4 is 0 Å². The predicted octanol–water partition coefficient (Wildman–Crippen LogP) is 2.99. The summed E-state index contributed by atoms with van der Waals surface area (Å²) in [5, 5.41) is 10.3. The minimum Gasteiger partial charge on any atom is -0.496 e. The molecule has 0 radical (unpaired) electrons. The summed E-state index contributed by atoms with van der Waals surface area (Å²) in [5.74, 6) is 0.847. The van der Waals surface area contributed by atoms with Crippen molar-refractivity contribution in [2.24, 2.45) is 5.92 Å². The average molecular weight is 281 g/mol. The van der Waals surface area contributed by atoms with Crippen LogP contribution in [0.4, 0.5) is 4.39 Å². The van der Waals surface area contributed by atoms with E-state index in [4.69, 9.17) is 4.74 Å². The maximum atomic E-state index is 13.9. The summed E-state index contributed by atoms with van der Waals surface area (Å²) in [6.45, 7) is 4.97. The second-order valence-electron chi connectivity index (χ2n) is 5.50. The van der Waals surface area contributed by atoms with E-state index in [1.807, 2.05) is 0 Å². The second kappa shape index (κ2) is 7.04. The molecule has 0 aliphatic heterocycles.